The van der Waals surface area contributed by atoms with Crippen LogP contribution in [-0.2, 0) is 4.74 Å². The molecule has 0 aliphatic rings. The van der Waals surface area contributed by atoms with E-state index in [-0.39, 0.29) is 21.1 Å². The number of ether oxygens (including phenoxy) is 1. The summed E-state index contributed by atoms with van der Waals surface area (Å²) in [4.78, 5) is 0. The van der Waals surface area contributed by atoms with Gasteiger partial charge in [-0.25, -0.2) is 0 Å². The van der Waals surface area contributed by atoms with Gasteiger partial charge < -0.3 is 4.74 Å². The van der Waals surface area contributed by atoms with Crippen molar-refractivity contribution in [3.63, 3.8) is 0 Å². The summed E-state index contributed by atoms with van der Waals surface area (Å²) in [5.41, 5.74) is 0. The molecule has 2 radical (unpaired) electrons. The first kappa shape index (κ1) is 29.0. The summed E-state index contributed by atoms with van der Waals surface area (Å²) < 4.78 is 8.81. The Labute approximate surface area is 178 Å². The summed E-state index contributed by atoms with van der Waals surface area (Å²) in [6, 6.07) is 0. The molecule has 0 aliphatic heterocycles. The monoisotopic (exact) mass is 476 g/mol. The molecule has 0 fully saturated rings. The van der Waals surface area contributed by atoms with Crippen LogP contribution >= 0.6 is 0 Å². The zero-order valence-corrected chi connectivity index (χ0v) is 22.1. The van der Waals surface area contributed by atoms with Crippen molar-refractivity contribution >= 4 is 21.1 Å². The van der Waals surface area contributed by atoms with E-state index < -0.39 is 0 Å². The molecule has 0 saturated carbocycles. The van der Waals surface area contributed by atoms with E-state index >= 15 is 0 Å². The second-order valence-electron chi connectivity index (χ2n) is 7.71. The first-order valence-corrected chi connectivity index (χ1v) is 16.1. The molecular weight excluding hydrogens is 423 g/mol. The van der Waals surface area contributed by atoms with Gasteiger partial charge in [-0.3, -0.25) is 0 Å². The Morgan fingerprint density at radius 3 is 1.62 bits per heavy atom. The van der Waals surface area contributed by atoms with Crippen LogP contribution in [-0.4, -0.2) is 34.4 Å². The van der Waals surface area contributed by atoms with Crippen LogP contribution in [0.4, 0.5) is 0 Å². The maximum absolute atomic E-state index is 5.53. The number of hydrogen-bond donors (Lipinski definition) is 0. The minimum atomic E-state index is 0.0553. The van der Waals surface area contributed by atoms with Gasteiger partial charge in [0.05, 0.1) is 0 Å². The van der Waals surface area contributed by atoms with Gasteiger partial charge in [-0.1, -0.05) is 52.4 Å². The molecule has 0 amide bonds. The van der Waals surface area contributed by atoms with Gasteiger partial charge in [0.2, 0.25) is 0 Å². The summed E-state index contributed by atoms with van der Waals surface area (Å²) in [6.45, 7) is 13.4. The first-order valence-electron chi connectivity index (χ1n) is 12.0. The summed E-state index contributed by atoms with van der Waals surface area (Å²) >= 11 is 0.0553. The Morgan fingerprint density at radius 1 is 0.615 bits per heavy atom. The predicted molar refractivity (Wildman–Crippen MR) is 123 cm³/mol. The van der Waals surface area contributed by atoms with Crippen molar-refractivity contribution in [2.75, 3.05) is 13.2 Å². The summed E-state index contributed by atoms with van der Waals surface area (Å²) in [5, 5.41) is 0. The van der Waals surface area contributed by atoms with Crippen molar-refractivity contribution in [2.24, 2.45) is 5.92 Å². The Hall–Kier alpha value is 0.759. The van der Waals surface area contributed by atoms with Crippen LogP contribution in [0.5, 0.6) is 0 Å². The number of rotatable bonds is 19. The topological polar surface area (TPSA) is 9.23 Å². The van der Waals surface area contributed by atoms with Crippen LogP contribution in [0.1, 0.15) is 125 Å². The van der Waals surface area contributed by atoms with Crippen LogP contribution in [0.15, 0.2) is 0 Å². The van der Waals surface area contributed by atoms with E-state index in [1.54, 1.807) is 8.87 Å². The van der Waals surface area contributed by atoms with Gasteiger partial charge in [-0.15, -0.1) is 0 Å². The fraction of sp³-hybridized carbons (Fsp3) is 1.00. The van der Waals surface area contributed by atoms with E-state index in [2.05, 4.69) is 34.6 Å². The van der Waals surface area contributed by atoms with Crippen molar-refractivity contribution in [1.82, 2.24) is 0 Å². The van der Waals surface area contributed by atoms with Gasteiger partial charge >= 0.3 is 95.2 Å². The number of unbranched alkanes of at least 4 members (excludes halogenated alkanes) is 8. The molecule has 0 aromatic rings. The molecule has 1 unspecified atom stereocenters. The van der Waals surface area contributed by atoms with E-state index in [1.165, 1.54) is 89.9 Å². The molecule has 0 rings (SSSR count). The fourth-order valence-corrected chi connectivity index (χ4v) is 7.79. The molecule has 1 atom stereocenters. The predicted octanol–water partition coefficient (Wildman–Crippen LogP) is 8.71. The van der Waals surface area contributed by atoms with Crippen molar-refractivity contribution in [3.8, 4) is 0 Å². The van der Waals surface area contributed by atoms with Crippen molar-refractivity contribution in [2.45, 2.75) is 133 Å². The molecule has 26 heavy (non-hydrogen) atoms. The Kier molecular flexibility index (Phi) is 31.2. The van der Waals surface area contributed by atoms with E-state index in [0.29, 0.717) is 0 Å². The normalized spacial score (nSPS) is 11.9. The molecule has 0 spiro atoms. The van der Waals surface area contributed by atoms with Crippen molar-refractivity contribution in [1.29, 1.82) is 0 Å². The molecule has 0 saturated heterocycles. The van der Waals surface area contributed by atoms with Crippen LogP contribution in [0.25, 0.3) is 0 Å². The van der Waals surface area contributed by atoms with Crippen LogP contribution < -0.4 is 0 Å². The molecule has 0 aromatic heterocycles. The molecule has 0 heterocycles. The molecule has 0 N–H and O–H groups in total. The van der Waals surface area contributed by atoms with E-state index in [1.807, 2.05) is 0 Å². The Bertz CT molecular complexity index is 210. The summed E-state index contributed by atoms with van der Waals surface area (Å²) in [5.74, 6) is 1.10. The third-order valence-corrected chi connectivity index (χ3v) is 9.46. The second kappa shape index (κ2) is 28.0. The second-order valence-corrected chi connectivity index (χ2v) is 11.7. The third-order valence-electron chi connectivity index (χ3n) is 4.97. The number of hydrogen-bond acceptors (Lipinski definition) is 1. The zero-order chi connectivity index (χ0) is 19.7. The van der Waals surface area contributed by atoms with Crippen molar-refractivity contribution < 1.29 is 4.74 Å². The van der Waals surface area contributed by atoms with Gasteiger partial charge in [0.15, 0.2) is 0 Å². The quantitative estimate of drug-likeness (QED) is 0.134. The van der Waals surface area contributed by atoms with Gasteiger partial charge in [0, 0.05) is 13.2 Å². The average molecular weight is 475 g/mol. The summed E-state index contributed by atoms with van der Waals surface area (Å²) in [6.07, 6.45) is 19.3. The van der Waals surface area contributed by atoms with Crippen LogP contribution in [0.3, 0.4) is 0 Å². The van der Waals surface area contributed by atoms with Gasteiger partial charge in [-0.05, 0) is 12.8 Å². The Balaban J connectivity index is 0. The molecule has 158 valence electrons. The summed E-state index contributed by atoms with van der Waals surface area (Å²) in [7, 11) is 0. The van der Waals surface area contributed by atoms with E-state index in [4.69, 9.17) is 4.74 Å². The maximum atomic E-state index is 5.53. The van der Waals surface area contributed by atoms with Crippen LogP contribution in [0.2, 0.25) is 8.87 Å². The molecule has 0 aliphatic carbocycles. The zero-order valence-electron chi connectivity index (χ0n) is 19.2. The fourth-order valence-electron chi connectivity index (χ4n) is 2.92. The van der Waals surface area contributed by atoms with Crippen LogP contribution in [0, 0.1) is 5.92 Å². The average Bonchev–Trinajstić information content (AvgIpc) is 2.67. The minimum absolute atomic E-state index is 0.0553. The van der Waals surface area contributed by atoms with Gasteiger partial charge in [-0.2, -0.15) is 0 Å². The first-order chi connectivity index (χ1) is 12.8. The van der Waals surface area contributed by atoms with E-state index in [9.17, 15) is 0 Å². The molecule has 2 heteroatoms. The molecule has 1 nitrogen and oxygen atoms in total. The molecule has 0 bridgehead atoms. The Morgan fingerprint density at radius 2 is 1.15 bits per heavy atom. The van der Waals surface area contributed by atoms with E-state index in [0.717, 1.165) is 19.1 Å². The van der Waals surface area contributed by atoms with Crippen molar-refractivity contribution in [3.05, 3.63) is 0 Å². The third kappa shape index (κ3) is 27.0. The van der Waals surface area contributed by atoms with Gasteiger partial charge in [0.1, 0.15) is 0 Å². The SMILES string of the molecule is CCCCCCOCCCCCC.CCC[CH2][Sn][CH2]C(CC)CCCC. The standard InChI is InChI=1S/C12H26O.C8H17.C4H9.Sn/c1-3-5-7-9-11-13-12-10-8-6-4-2;1-4-6-7-8(3)5-2;1-3-4-2;/h3-12H2,1-2H3;8H,3-7H2,1-2H3;1,3-4H2,2H3;. The molecular formula is C24H52OSn. The van der Waals surface area contributed by atoms with Gasteiger partial charge in [0.25, 0.3) is 0 Å². The molecule has 0 aromatic carbocycles.